The number of sulfonamides is 1. The van der Waals surface area contributed by atoms with Crippen LogP contribution in [0.25, 0.3) is 0 Å². The minimum Gasteiger partial charge on any atom is -0.445 e. The number of nitrogens with one attached hydrogen (secondary N) is 2. The van der Waals surface area contributed by atoms with E-state index in [0.29, 0.717) is 18.2 Å². The Balaban J connectivity index is 2.08. The highest BCUT2D eigenvalue weighted by atomic mass is 32.2. The molecule has 2 aromatic rings. The van der Waals surface area contributed by atoms with E-state index in [4.69, 9.17) is 4.42 Å². The van der Waals surface area contributed by atoms with Crippen LogP contribution in [0.15, 0.2) is 39.8 Å². The van der Waals surface area contributed by atoms with Gasteiger partial charge < -0.3 is 9.73 Å². The Bertz CT molecular complexity index is 695. The molecule has 0 aliphatic rings. The standard InChI is InChI=1S/C14H19N3O3S/c1-3-15-9-12-5-4-6-13(7-12)21(18,19)17-10-14-16-8-11(2)20-14/h4-8,15,17H,3,9-10H2,1-2H3. The van der Waals surface area contributed by atoms with Crippen molar-refractivity contribution in [2.75, 3.05) is 6.54 Å². The van der Waals surface area contributed by atoms with Gasteiger partial charge in [0, 0.05) is 6.54 Å². The van der Waals surface area contributed by atoms with Crippen LogP contribution >= 0.6 is 0 Å². The van der Waals surface area contributed by atoms with Crippen molar-refractivity contribution in [1.82, 2.24) is 15.0 Å². The highest BCUT2D eigenvalue weighted by Gasteiger charge is 2.15. The number of rotatable bonds is 7. The summed E-state index contributed by atoms with van der Waals surface area (Å²) in [6, 6.07) is 6.85. The molecule has 2 rings (SSSR count). The minimum absolute atomic E-state index is 0.0353. The number of hydrogen-bond donors (Lipinski definition) is 2. The van der Waals surface area contributed by atoms with Crippen LogP contribution in [0.1, 0.15) is 24.1 Å². The van der Waals surface area contributed by atoms with E-state index in [2.05, 4.69) is 15.0 Å². The third-order valence-electron chi connectivity index (χ3n) is 2.87. The van der Waals surface area contributed by atoms with Crippen molar-refractivity contribution in [1.29, 1.82) is 0 Å². The first-order valence-corrected chi connectivity index (χ1v) is 8.20. The van der Waals surface area contributed by atoms with Gasteiger partial charge in [-0.05, 0) is 31.2 Å². The van der Waals surface area contributed by atoms with Gasteiger partial charge in [-0.1, -0.05) is 19.1 Å². The predicted molar refractivity (Wildman–Crippen MR) is 79.1 cm³/mol. The van der Waals surface area contributed by atoms with E-state index in [0.717, 1.165) is 12.1 Å². The molecule has 2 N–H and O–H groups in total. The maximum atomic E-state index is 12.2. The molecule has 21 heavy (non-hydrogen) atoms. The Morgan fingerprint density at radius 1 is 1.29 bits per heavy atom. The van der Waals surface area contributed by atoms with Crippen LogP contribution in [-0.2, 0) is 23.1 Å². The highest BCUT2D eigenvalue weighted by Crippen LogP contribution is 2.12. The van der Waals surface area contributed by atoms with E-state index in [9.17, 15) is 8.42 Å². The maximum Gasteiger partial charge on any atom is 0.241 e. The molecule has 0 saturated carbocycles. The molecule has 1 heterocycles. The molecule has 6 nitrogen and oxygen atoms in total. The summed E-state index contributed by atoms with van der Waals surface area (Å²) in [5.74, 6) is 0.997. The molecule has 0 fully saturated rings. The lowest BCUT2D eigenvalue weighted by molar-refractivity contribution is 0.463. The predicted octanol–water partition coefficient (Wildman–Crippen LogP) is 1.57. The number of hydrogen-bond acceptors (Lipinski definition) is 5. The van der Waals surface area contributed by atoms with Crippen molar-refractivity contribution in [3.05, 3.63) is 47.7 Å². The zero-order chi connectivity index (χ0) is 15.3. The zero-order valence-corrected chi connectivity index (χ0v) is 12.9. The van der Waals surface area contributed by atoms with Crippen LogP contribution in [0.5, 0.6) is 0 Å². The van der Waals surface area contributed by atoms with Crippen LogP contribution < -0.4 is 10.0 Å². The normalized spacial score (nSPS) is 11.7. The van der Waals surface area contributed by atoms with Gasteiger partial charge in [-0.2, -0.15) is 0 Å². The summed E-state index contributed by atoms with van der Waals surface area (Å²) in [5, 5.41) is 3.16. The first-order valence-electron chi connectivity index (χ1n) is 6.72. The van der Waals surface area contributed by atoms with Gasteiger partial charge in [-0.3, -0.25) is 0 Å². The summed E-state index contributed by atoms with van der Waals surface area (Å²) < 4.78 is 32.2. The smallest absolute Gasteiger partial charge is 0.241 e. The second kappa shape index (κ2) is 6.84. The Morgan fingerprint density at radius 3 is 2.76 bits per heavy atom. The molecule has 114 valence electrons. The fourth-order valence-electron chi connectivity index (χ4n) is 1.82. The summed E-state index contributed by atoms with van der Waals surface area (Å²) in [4.78, 5) is 4.20. The molecule has 7 heteroatoms. The number of aryl methyl sites for hydroxylation is 1. The maximum absolute atomic E-state index is 12.2. The van der Waals surface area contributed by atoms with E-state index >= 15 is 0 Å². The molecule has 0 aliphatic heterocycles. The lowest BCUT2D eigenvalue weighted by Gasteiger charge is -2.07. The van der Waals surface area contributed by atoms with Crippen molar-refractivity contribution in [2.24, 2.45) is 0 Å². The van der Waals surface area contributed by atoms with Gasteiger partial charge in [0.15, 0.2) is 0 Å². The first-order chi connectivity index (χ1) is 10.0. The summed E-state index contributed by atoms with van der Waals surface area (Å²) in [6.45, 7) is 5.26. The van der Waals surface area contributed by atoms with Crippen LogP contribution in [0.2, 0.25) is 0 Å². The molecule has 1 aromatic heterocycles. The topological polar surface area (TPSA) is 84.2 Å². The van der Waals surface area contributed by atoms with Crippen molar-refractivity contribution >= 4 is 10.0 Å². The van der Waals surface area contributed by atoms with E-state index in [-0.39, 0.29) is 11.4 Å². The Morgan fingerprint density at radius 2 is 2.10 bits per heavy atom. The fraction of sp³-hybridized carbons (Fsp3) is 0.357. The van der Waals surface area contributed by atoms with Gasteiger partial charge in [-0.15, -0.1) is 0 Å². The molecule has 0 saturated heterocycles. The molecule has 0 radical (unpaired) electrons. The van der Waals surface area contributed by atoms with Crippen molar-refractivity contribution in [2.45, 2.75) is 31.8 Å². The van der Waals surface area contributed by atoms with Crippen LogP contribution in [-0.4, -0.2) is 19.9 Å². The van der Waals surface area contributed by atoms with Gasteiger partial charge in [0.05, 0.1) is 17.6 Å². The SMILES string of the molecule is CCNCc1cccc(S(=O)(=O)NCc2ncc(C)o2)c1. The second-order valence-electron chi connectivity index (χ2n) is 4.62. The monoisotopic (exact) mass is 309 g/mol. The van der Waals surface area contributed by atoms with Gasteiger partial charge >= 0.3 is 0 Å². The minimum atomic E-state index is -3.57. The number of aromatic nitrogens is 1. The summed E-state index contributed by atoms with van der Waals surface area (Å²) in [5.41, 5.74) is 0.923. The summed E-state index contributed by atoms with van der Waals surface area (Å²) in [6.07, 6.45) is 1.56. The van der Waals surface area contributed by atoms with E-state index in [1.165, 1.54) is 0 Å². The lowest BCUT2D eigenvalue weighted by Crippen LogP contribution is -2.23. The van der Waals surface area contributed by atoms with E-state index in [1.807, 2.05) is 13.0 Å². The average molecular weight is 309 g/mol. The number of nitrogens with zero attached hydrogens (tertiary/aromatic N) is 1. The molecular weight excluding hydrogens is 290 g/mol. The average Bonchev–Trinajstić information content (AvgIpc) is 2.89. The third kappa shape index (κ3) is 4.38. The molecule has 0 bridgehead atoms. The Hall–Kier alpha value is -1.70. The van der Waals surface area contributed by atoms with Gasteiger partial charge in [0.2, 0.25) is 15.9 Å². The molecule has 0 spiro atoms. The fourth-order valence-corrected chi connectivity index (χ4v) is 2.86. The molecule has 1 aromatic carbocycles. The van der Waals surface area contributed by atoms with Crippen LogP contribution in [0.3, 0.4) is 0 Å². The van der Waals surface area contributed by atoms with Crippen LogP contribution in [0.4, 0.5) is 0 Å². The van der Waals surface area contributed by atoms with E-state index in [1.54, 1.807) is 31.3 Å². The molecule has 0 unspecified atom stereocenters. The number of benzene rings is 1. The van der Waals surface area contributed by atoms with Crippen molar-refractivity contribution in [3.8, 4) is 0 Å². The quantitative estimate of drug-likeness (QED) is 0.811. The Labute approximate surface area is 124 Å². The van der Waals surface area contributed by atoms with E-state index < -0.39 is 10.0 Å². The van der Waals surface area contributed by atoms with Crippen LogP contribution in [0, 0.1) is 6.92 Å². The highest BCUT2D eigenvalue weighted by molar-refractivity contribution is 7.89. The van der Waals surface area contributed by atoms with Gasteiger partial charge in [0.1, 0.15) is 5.76 Å². The molecule has 0 atom stereocenters. The molecular formula is C14H19N3O3S. The summed E-state index contributed by atoms with van der Waals surface area (Å²) in [7, 11) is -3.57. The van der Waals surface area contributed by atoms with Gasteiger partial charge in [-0.25, -0.2) is 18.1 Å². The number of oxazole rings is 1. The second-order valence-corrected chi connectivity index (χ2v) is 6.38. The lowest BCUT2D eigenvalue weighted by atomic mass is 10.2. The largest absolute Gasteiger partial charge is 0.445 e. The Kier molecular flexibility index (Phi) is 5.11. The van der Waals surface area contributed by atoms with Crippen molar-refractivity contribution in [3.63, 3.8) is 0 Å². The van der Waals surface area contributed by atoms with Crippen molar-refractivity contribution < 1.29 is 12.8 Å². The molecule has 0 amide bonds. The first kappa shape index (κ1) is 15.7. The van der Waals surface area contributed by atoms with Gasteiger partial charge in [0.25, 0.3) is 0 Å². The molecule has 0 aliphatic carbocycles. The zero-order valence-electron chi connectivity index (χ0n) is 12.1. The summed E-state index contributed by atoms with van der Waals surface area (Å²) >= 11 is 0. The third-order valence-corrected chi connectivity index (χ3v) is 4.27.